The van der Waals surface area contributed by atoms with Crippen LogP contribution in [0.2, 0.25) is 0 Å². The highest BCUT2D eigenvalue weighted by atomic mass is 16.3. The maximum Gasteiger partial charge on any atom is 0.143 e. The van der Waals surface area contributed by atoms with Gasteiger partial charge >= 0.3 is 0 Å². The molecular weight excluding hydrogens is 901 g/mol. The van der Waals surface area contributed by atoms with Gasteiger partial charge in [0.15, 0.2) is 0 Å². The third-order valence-corrected chi connectivity index (χ3v) is 15.3. The van der Waals surface area contributed by atoms with Crippen molar-refractivity contribution >= 4 is 110 Å². The van der Waals surface area contributed by atoms with Gasteiger partial charge in [-0.2, -0.15) is 0 Å². The molecular formula is C70H52N2O2. The van der Waals surface area contributed by atoms with Crippen molar-refractivity contribution in [3.8, 4) is 22.3 Å². The summed E-state index contributed by atoms with van der Waals surface area (Å²) in [5.74, 6) is 0.494. The van der Waals surface area contributed by atoms with E-state index in [-0.39, 0.29) is 11.8 Å². The van der Waals surface area contributed by atoms with Crippen LogP contribution in [0.15, 0.2) is 239 Å². The van der Waals surface area contributed by atoms with Gasteiger partial charge in [-0.1, -0.05) is 185 Å². The Balaban J connectivity index is 1.01. The lowest BCUT2D eigenvalue weighted by Gasteiger charge is -2.31. The minimum absolute atomic E-state index is 0.247. The first-order chi connectivity index (χ1) is 36.4. The highest BCUT2D eigenvalue weighted by Crippen LogP contribution is 2.52. The van der Waals surface area contributed by atoms with Gasteiger partial charge in [0.25, 0.3) is 0 Å². The average molecular weight is 953 g/mol. The molecule has 2 aromatic heterocycles. The monoisotopic (exact) mass is 952 g/mol. The van der Waals surface area contributed by atoms with E-state index >= 15 is 0 Å². The molecule has 4 heteroatoms. The van der Waals surface area contributed by atoms with Crippen molar-refractivity contribution < 1.29 is 8.83 Å². The van der Waals surface area contributed by atoms with Crippen molar-refractivity contribution in [1.82, 2.24) is 0 Å². The summed E-state index contributed by atoms with van der Waals surface area (Å²) in [6.45, 7) is 9.33. The van der Waals surface area contributed by atoms with Crippen LogP contribution >= 0.6 is 0 Å². The molecule has 4 nitrogen and oxygen atoms in total. The number of benzene rings is 12. The van der Waals surface area contributed by atoms with Crippen molar-refractivity contribution in [2.45, 2.75) is 39.5 Å². The van der Waals surface area contributed by atoms with Crippen molar-refractivity contribution in [2.75, 3.05) is 9.80 Å². The standard InChI is InChI=1S/C70H52N2O2/c1-43(2)61-41-63(71(47-21-7-5-8-22-47)49-25-15-19-45(39-49)51-29-17-31-57-53-27-11-13-33-65(53)73-69(51)57)59-38-36-56-62(44(3)4)42-64(60-37-35-55(61)67(59)68(56)60)72(48-23-9-6-10-24-48)50-26-16-20-46(40-50)52-30-18-32-58-54-28-12-14-34-66(54)74-70(52)58/h5-44H,1-4H3. The largest absolute Gasteiger partial charge is 0.455 e. The average Bonchev–Trinajstić information content (AvgIpc) is 4.03. The smallest absolute Gasteiger partial charge is 0.143 e. The number of fused-ring (bicyclic) bond motifs is 6. The maximum atomic E-state index is 6.61. The Hall–Kier alpha value is -9.12. The van der Waals surface area contributed by atoms with E-state index in [0.717, 1.165) is 100 Å². The fraction of sp³-hybridized carbons (Fsp3) is 0.0857. The maximum absolute atomic E-state index is 6.61. The predicted molar refractivity (Wildman–Crippen MR) is 313 cm³/mol. The van der Waals surface area contributed by atoms with E-state index in [4.69, 9.17) is 8.83 Å². The summed E-state index contributed by atoms with van der Waals surface area (Å²) in [4.78, 5) is 4.93. The van der Waals surface area contributed by atoms with E-state index < -0.39 is 0 Å². The molecule has 12 aromatic carbocycles. The first kappa shape index (κ1) is 43.7. The molecule has 354 valence electrons. The normalized spacial score (nSPS) is 12.0. The Morgan fingerprint density at radius 2 is 0.662 bits per heavy atom. The van der Waals surface area contributed by atoms with E-state index in [0.29, 0.717) is 0 Å². The Morgan fingerprint density at radius 3 is 1.09 bits per heavy atom. The molecule has 0 aliphatic heterocycles. The molecule has 2 heterocycles. The summed E-state index contributed by atoms with van der Waals surface area (Å²) >= 11 is 0. The molecule has 0 unspecified atom stereocenters. The quantitative estimate of drug-likeness (QED) is 0.128. The predicted octanol–water partition coefficient (Wildman–Crippen LogP) is 20.9. The van der Waals surface area contributed by atoms with Gasteiger partial charge in [-0.25, -0.2) is 0 Å². The van der Waals surface area contributed by atoms with Crippen molar-refractivity contribution in [2.24, 2.45) is 0 Å². The van der Waals surface area contributed by atoms with Crippen molar-refractivity contribution in [3.63, 3.8) is 0 Å². The Morgan fingerprint density at radius 1 is 0.297 bits per heavy atom. The molecule has 74 heavy (non-hydrogen) atoms. The molecule has 0 radical (unpaired) electrons. The number of furan rings is 2. The van der Waals surface area contributed by atoms with Crippen LogP contribution in [0.3, 0.4) is 0 Å². The Kier molecular flexibility index (Phi) is 10.2. The number of hydrogen-bond donors (Lipinski definition) is 0. The van der Waals surface area contributed by atoms with E-state index in [9.17, 15) is 0 Å². The zero-order valence-corrected chi connectivity index (χ0v) is 41.8. The highest BCUT2D eigenvalue weighted by molar-refractivity contribution is 6.29. The van der Waals surface area contributed by atoms with Gasteiger partial charge < -0.3 is 18.6 Å². The summed E-state index contributed by atoms with van der Waals surface area (Å²) < 4.78 is 13.2. The van der Waals surface area contributed by atoms with Crippen molar-refractivity contribution in [1.29, 1.82) is 0 Å². The Bertz CT molecular complexity index is 4160. The molecule has 0 aliphatic rings. The third kappa shape index (κ3) is 6.89. The first-order valence-corrected chi connectivity index (χ1v) is 25.9. The van der Waals surface area contributed by atoms with Crippen LogP contribution in [0.25, 0.3) is 98.4 Å². The molecule has 0 atom stereocenters. The molecule has 0 amide bonds. The molecule has 0 saturated heterocycles. The van der Waals surface area contributed by atoms with Gasteiger partial charge in [-0.05, 0) is 128 Å². The van der Waals surface area contributed by atoms with Gasteiger partial charge in [0.1, 0.15) is 22.3 Å². The second-order valence-corrected chi connectivity index (χ2v) is 20.4. The molecule has 0 saturated carbocycles. The summed E-state index contributed by atoms with van der Waals surface area (Å²) in [7, 11) is 0. The van der Waals surface area contributed by atoms with Gasteiger partial charge in [-0.15, -0.1) is 0 Å². The molecule has 0 spiro atoms. The number of hydrogen-bond acceptors (Lipinski definition) is 4. The van der Waals surface area contributed by atoms with Crippen LogP contribution in [0, 0.1) is 0 Å². The fourth-order valence-electron chi connectivity index (χ4n) is 11.9. The van der Waals surface area contributed by atoms with Gasteiger partial charge in [0.2, 0.25) is 0 Å². The van der Waals surface area contributed by atoms with Crippen LogP contribution in [0.4, 0.5) is 34.1 Å². The van der Waals surface area contributed by atoms with Gasteiger partial charge in [0, 0.05) is 66.2 Å². The molecule has 0 aliphatic carbocycles. The van der Waals surface area contributed by atoms with Crippen LogP contribution < -0.4 is 9.80 Å². The molecule has 0 fully saturated rings. The lowest BCUT2D eigenvalue weighted by Crippen LogP contribution is -2.13. The molecule has 14 aromatic rings. The lowest BCUT2D eigenvalue weighted by molar-refractivity contribution is 0.669. The van der Waals surface area contributed by atoms with Crippen LogP contribution in [0.5, 0.6) is 0 Å². The number of rotatable bonds is 10. The Labute approximate surface area is 430 Å². The third-order valence-electron chi connectivity index (χ3n) is 15.3. The molecule has 14 rings (SSSR count). The van der Waals surface area contributed by atoms with Crippen LogP contribution in [0.1, 0.15) is 50.7 Å². The topological polar surface area (TPSA) is 32.8 Å². The van der Waals surface area contributed by atoms with E-state index in [1.54, 1.807) is 0 Å². The van der Waals surface area contributed by atoms with Gasteiger partial charge in [-0.3, -0.25) is 0 Å². The van der Waals surface area contributed by atoms with Crippen molar-refractivity contribution in [3.05, 3.63) is 242 Å². The minimum atomic E-state index is 0.247. The zero-order chi connectivity index (χ0) is 49.6. The van der Waals surface area contributed by atoms with E-state index in [1.807, 2.05) is 12.1 Å². The lowest BCUT2D eigenvalue weighted by atomic mass is 9.84. The minimum Gasteiger partial charge on any atom is -0.455 e. The van der Waals surface area contributed by atoms with Crippen LogP contribution in [-0.4, -0.2) is 0 Å². The van der Waals surface area contributed by atoms with E-state index in [2.05, 4.69) is 256 Å². The highest BCUT2D eigenvalue weighted by Gasteiger charge is 2.27. The number of nitrogens with zero attached hydrogens (tertiary/aromatic N) is 2. The SMILES string of the molecule is CC(C)c1cc(N(c2ccccc2)c2cccc(-c3cccc4c3oc3ccccc34)c2)c2ccc3c(C(C)C)cc(N(c4ccccc4)c4cccc(-c5cccc6c5oc5ccccc56)c4)c4ccc1c2c34. The van der Waals surface area contributed by atoms with Crippen LogP contribution in [-0.2, 0) is 0 Å². The summed E-state index contributed by atoms with van der Waals surface area (Å²) in [5.41, 5.74) is 17.2. The summed E-state index contributed by atoms with van der Waals surface area (Å²) in [5, 5.41) is 12.0. The second kappa shape index (κ2) is 17.3. The second-order valence-electron chi connectivity index (χ2n) is 20.4. The number of para-hydroxylation sites is 6. The zero-order valence-electron chi connectivity index (χ0n) is 41.8. The fourth-order valence-corrected chi connectivity index (χ4v) is 11.9. The summed E-state index contributed by atoms with van der Waals surface area (Å²) in [6, 6.07) is 83.8. The number of anilines is 6. The van der Waals surface area contributed by atoms with Gasteiger partial charge in [0.05, 0.1) is 11.4 Å². The van der Waals surface area contributed by atoms with E-state index in [1.165, 1.54) is 43.4 Å². The molecule has 0 bridgehead atoms. The summed E-state index contributed by atoms with van der Waals surface area (Å²) in [6.07, 6.45) is 0. The molecule has 0 N–H and O–H groups in total. The first-order valence-electron chi connectivity index (χ1n) is 25.9.